The number of hydrogen-bond acceptors (Lipinski definition) is 4. The summed E-state index contributed by atoms with van der Waals surface area (Å²) >= 11 is 0. The molecule has 152 valence electrons. The lowest BCUT2D eigenvalue weighted by Gasteiger charge is -2.22. The maximum atomic E-state index is 12.8. The highest BCUT2D eigenvalue weighted by molar-refractivity contribution is 6.22. The highest BCUT2D eigenvalue weighted by Crippen LogP contribution is 2.25. The molecule has 0 heterocycles. The maximum Gasteiger partial charge on any atom is 0.339 e. The normalized spacial score (nSPS) is 14.9. The number of ether oxygens (including phenoxy) is 2. The fraction of sp³-hybridized carbons (Fsp3) is 0.333. The topological polar surface area (TPSA) is 64.6 Å². The third kappa shape index (κ3) is 5.95. The minimum Gasteiger partial charge on any atom is -0.496 e. The van der Waals surface area contributed by atoms with E-state index in [0.717, 1.165) is 36.8 Å². The Morgan fingerprint density at radius 1 is 1.00 bits per heavy atom. The molecule has 0 spiro atoms. The van der Waals surface area contributed by atoms with Gasteiger partial charge in [-0.2, -0.15) is 0 Å². The predicted octanol–water partition coefficient (Wildman–Crippen LogP) is 4.23. The molecular formula is C24H27NO4. The summed E-state index contributed by atoms with van der Waals surface area (Å²) in [5.74, 6) is -0.139. The molecule has 0 aromatic heterocycles. The molecule has 0 unspecified atom stereocenters. The number of carbonyl (C=O) groups is 2. The van der Waals surface area contributed by atoms with Crippen LogP contribution in [0, 0.1) is 0 Å². The molecule has 1 N–H and O–H groups in total. The van der Waals surface area contributed by atoms with Crippen molar-refractivity contribution in [1.29, 1.82) is 0 Å². The van der Waals surface area contributed by atoms with Crippen molar-refractivity contribution in [2.75, 3.05) is 13.7 Å². The van der Waals surface area contributed by atoms with Gasteiger partial charge in [-0.15, -0.1) is 0 Å². The first-order chi connectivity index (χ1) is 14.2. The van der Waals surface area contributed by atoms with Gasteiger partial charge in [0, 0.05) is 11.6 Å². The van der Waals surface area contributed by atoms with Crippen LogP contribution >= 0.6 is 0 Å². The van der Waals surface area contributed by atoms with Gasteiger partial charge in [0.15, 0.2) is 6.61 Å². The molecule has 0 bridgehead atoms. The molecule has 1 fully saturated rings. The minimum atomic E-state index is -0.541. The number of hydrogen-bond donors (Lipinski definition) is 1. The molecular weight excluding hydrogens is 366 g/mol. The Labute approximate surface area is 171 Å². The monoisotopic (exact) mass is 393 g/mol. The van der Waals surface area contributed by atoms with Crippen LogP contribution in [0.4, 0.5) is 0 Å². The van der Waals surface area contributed by atoms with E-state index in [-0.39, 0.29) is 18.6 Å². The van der Waals surface area contributed by atoms with Gasteiger partial charge in [0.2, 0.25) is 0 Å². The van der Waals surface area contributed by atoms with Crippen molar-refractivity contribution in [3.8, 4) is 5.75 Å². The number of para-hydroxylation sites is 1. The lowest BCUT2D eigenvalue weighted by atomic mass is 9.95. The second-order valence-corrected chi connectivity index (χ2v) is 7.14. The molecule has 1 aliphatic rings. The van der Waals surface area contributed by atoms with Crippen LogP contribution in [-0.2, 0) is 14.3 Å². The fourth-order valence-electron chi connectivity index (χ4n) is 3.54. The van der Waals surface area contributed by atoms with Gasteiger partial charge in [0.05, 0.1) is 12.7 Å². The van der Waals surface area contributed by atoms with E-state index in [9.17, 15) is 9.59 Å². The lowest BCUT2D eigenvalue weighted by molar-refractivity contribution is -0.143. The number of nitrogens with one attached hydrogen (secondary N) is 1. The molecule has 0 saturated heterocycles. The van der Waals surface area contributed by atoms with E-state index in [1.165, 1.54) is 6.42 Å². The molecule has 3 rings (SSSR count). The molecule has 2 aromatic rings. The van der Waals surface area contributed by atoms with Gasteiger partial charge in [-0.05, 0) is 30.5 Å². The summed E-state index contributed by atoms with van der Waals surface area (Å²) in [6.07, 6.45) is 7.19. The van der Waals surface area contributed by atoms with E-state index in [2.05, 4.69) is 5.32 Å². The van der Waals surface area contributed by atoms with Crippen LogP contribution in [0.1, 0.15) is 43.2 Å². The predicted molar refractivity (Wildman–Crippen MR) is 113 cm³/mol. The van der Waals surface area contributed by atoms with Crippen LogP contribution < -0.4 is 10.1 Å². The third-order valence-electron chi connectivity index (χ3n) is 5.05. The quantitative estimate of drug-likeness (QED) is 0.434. The number of amides is 1. The smallest absolute Gasteiger partial charge is 0.339 e. The highest BCUT2D eigenvalue weighted by Gasteiger charge is 2.19. The Morgan fingerprint density at radius 2 is 1.69 bits per heavy atom. The number of esters is 1. The summed E-state index contributed by atoms with van der Waals surface area (Å²) in [5, 5.41) is 2.97. The van der Waals surface area contributed by atoms with Crippen molar-refractivity contribution >= 4 is 23.5 Å². The Kier molecular flexibility index (Phi) is 7.45. The van der Waals surface area contributed by atoms with Gasteiger partial charge in [-0.25, -0.2) is 4.79 Å². The van der Waals surface area contributed by atoms with E-state index >= 15 is 0 Å². The number of carbonyl (C=O) groups excluding carboxylic acids is 2. The molecule has 1 aliphatic carbocycles. The summed E-state index contributed by atoms with van der Waals surface area (Å²) in [5.41, 5.74) is 1.86. The zero-order chi connectivity index (χ0) is 20.5. The van der Waals surface area contributed by atoms with E-state index in [1.54, 1.807) is 13.2 Å². The summed E-state index contributed by atoms with van der Waals surface area (Å²) in [4.78, 5) is 25.0. The zero-order valence-corrected chi connectivity index (χ0v) is 16.7. The lowest BCUT2D eigenvalue weighted by Crippen LogP contribution is -2.38. The number of rotatable bonds is 7. The van der Waals surface area contributed by atoms with Crippen molar-refractivity contribution in [2.24, 2.45) is 0 Å². The second kappa shape index (κ2) is 10.5. The zero-order valence-electron chi connectivity index (χ0n) is 16.7. The van der Waals surface area contributed by atoms with Crippen LogP contribution in [0.5, 0.6) is 5.75 Å². The SMILES string of the molecule is COc1ccccc1/C=C(/C(=O)OCC(=O)NC1CCCCC1)c1ccccc1. The molecule has 1 saturated carbocycles. The van der Waals surface area contributed by atoms with Crippen molar-refractivity contribution in [1.82, 2.24) is 5.32 Å². The highest BCUT2D eigenvalue weighted by atomic mass is 16.5. The molecule has 0 aliphatic heterocycles. The van der Waals surface area contributed by atoms with Gasteiger partial charge in [0.1, 0.15) is 5.75 Å². The largest absolute Gasteiger partial charge is 0.496 e. The molecule has 29 heavy (non-hydrogen) atoms. The van der Waals surface area contributed by atoms with Gasteiger partial charge < -0.3 is 14.8 Å². The van der Waals surface area contributed by atoms with E-state index in [4.69, 9.17) is 9.47 Å². The molecule has 5 nitrogen and oxygen atoms in total. The van der Waals surface area contributed by atoms with Crippen LogP contribution in [0.2, 0.25) is 0 Å². The van der Waals surface area contributed by atoms with Gasteiger partial charge in [-0.3, -0.25) is 4.79 Å². The molecule has 1 amide bonds. The van der Waals surface area contributed by atoms with Crippen molar-refractivity contribution < 1.29 is 19.1 Å². The standard InChI is InChI=1S/C24H27NO4/c1-28-22-15-9-8-12-19(22)16-21(18-10-4-2-5-11-18)24(27)29-17-23(26)25-20-13-6-3-7-14-20/h2,4-5,8-12,15-16,20H,3,6-7,13-14,17H2,1H3,(H,25,26)/b21-16+. The summed E-state index contributed by atoms with van der Waals surface area (Å²) in [7, 11) is 1.59. The number of benzene rings is 2. The first kappa shape index (κ1) is 20.6. The van der Waals surface area contributed by atoms with Crippen LogP contribution in [0.25, 0.3) is 11.6 Å². The number of methoxy groups -OCH3 is 1. The Balaban J connectivity index is 1.73. The van der Waals surface area contributed by atoms with Crippen LogP contribution in [-0.4, -0.2) is 31.6 Å². The molecule has 0 radical (unpaired) electrons. The van der Waals surface area contributed by atoms with E-state index in [1.807, 2.05) is 54.6 Å². The third-order valence-corrected chi connectivity index (χ3v) is 5.05. The first-order valence-corrected chi connectivity index (χ1v) is 10.0. The average Bonchev–Trinajstić information content (AvgIpc) is 2.77. The second-order valence-electron chi connectivity index (χ2n) is 7.14. The van der Waals surface area contributed by atoms with Crippen LogP contribution in [0.15, 0.2) is 54.6 Å². The Morgan fingerprint density at radius 3 is 2.41 bits per heavy atom. The Bertz CT molecular complexity index is 854. The van der Waals surface area contributed by atoms with Crippen molar-refractivity contribution in [2.45, 2.75) is 38.1 Å². The summed E-state index contributed by atoms with van der Waals surface area (Å²) in [6.45, 7) is -0.286. The average molecular weight is 393 g/mol. The van der Waals surface area contributed by atoms with E-state index in [0.29, 0.717) is 11.3 Å². The molecule has 5 heteroatoms. The van der Waals surface area contributed by atoms with Gasteiger partial charge in [0.25, 0.3) is 5.91 Å². The van der Waals surface area contributed by atoms with E-state index < -0.39 is 5.97 Å². The van der Waals surface area contributed by atoms with Crippen molar-refractivity contribution in [3.63, 3.8) is 0 Å². The van der Waals surface area contributed by atoms with Gasteiger partial charge in [-0.1, -0.05) is 67.8 Å². The molecule has 0 atom stereocenters. The molecule has 2 aromatic carbocycles. The minimum absolute atomic E-state index is 0.188. The van der Waals surface area contributed by atoms with Crippen LogP contribution in [0.3, 0.4) is 0 Å². The summed E-state index contributed by atoms with van der Waals surface area (Å²) < 4.78 is 10.7. The fourth-order valence-corrected chi connectivity index (χ4v) is 3.54. The maximum absolute atomic E-state index is 12.8. The first-order valence-electron chi connectivity index (χ1n) is 10.0. The van der Waals surface area contributed by atoms with Gasteiger partial charge >= 0.3 is 5.97 Å². The summed E-state index contributed by atoms with van der Waals surface area (Å²) in [6, 6.07) is 16.9. The Hall–Kier alpha value is -3.08. The van der Waals surface area contributed by atoms with Crippen molar-refractivity contribution in [3.05, 3.63) is 65.7 Å².